The third-order valence-electron chi connectivity index (χ3n) is 6.32. The van der Waals surface area contributed by atoms with Crippen molar-refractivity contribution in [3.8, 4) is 0 Å². The number of likely N-dealkylation sites (N-methyl/N-ethyl adjacent to an activating group) is 1. The molecule has 1 aromatic carbocycles. The third kappa shape index (κ3) is 3.34. The quantitative estimate of drug-likeness (QED) is 0.849. The van der Waals surface area contributed by atoms with E-state index in [0.717, 1.165) is 34.8 Å². The van der Waals surface area contributed by atoms with Gasteiger partial charge in [0.05, 0.1) is 7.05 Å². The first-order valence-corrected chi connectivity index (χ1v) is 9.36. The Morgan fingerprint density at radius 1 is 1.12 bits per heavy atom. The summed E-state index contributed by atoms with van der Waals surface area (Å²) in [5.74, 6) is 2.51. The number of amides is 1. The van der Waals surface area contributed by atoms with Crippen molar-refractivity contribution in [2.75, 3.05) is 13.6 Å². The first-order valence-electron chi connectivity index (χ1n) is 9.36. The number of benzene rings is 1. The molecule has 0 spiro atoms. The number of nitrogens with one attached hydrogen (secondary N) is 2. The topological polar surface area (TPSA) is 33.5 Å². The van der Waals surface area contributed by atoms with Crippen LogP contribution in [-0.4, -0.2) is 25.0 Å². The average Bonchev–Trinajstić information content (AvgIpc) is 2.47. The summed E-state index contributed by atoms with van der Waals surface area (Å²) in [6, 6.07) is 6.57. The van der Waals surface area contributed by atoms with Gasteiger partial charge in [0.15, 0.2) is 6.54 Å². The smallest absolute Gasteiger partial charge is 0.275 e. The molecule has 0 aliphatic heterocycles. The molecule has 0 aromatic heterocycles. The highest BCUT2D eigenvalue weighted by Crippen LogP contribution is 2.55. The normalized spacial score (nSPS) is 35.0. The van der Waals surface area contributed by atoms with Crippen molar-refractivity contribution in [1.29, 1.82) is 0 Å². The predicted molar refractivity (Wildman–Crippen MR) is 90.9 cm³/mol. The van der Waals surface area contributed by atoms with Gasteiger partial charge >= 0.3 is 0 Å². The van der Waals surface area contributed by atoms with Crippen LogP contribution >= 0.6 is 0 Å². The van der Waals surface area contributed by atoms with Crippen molar-refractivity contribution in [3.63, 3.8) is 0 Å². The number of halogens is 1. The summed E-state index contributed by atoms with van der Waals surface area (Å²) in [5.41, 5.74) is 1.17. The lowest BCUT2D eigenvalue weighted by Crippen LogP contribution is -3.09. The van der Waals surface area contributed by atoms with Crippen LogP contribution in [0.25, 0.3) is 0 Å². The van der Waals surface area contributed by atoms with Crippen molar-refractivity contribution >= 4 is 5.91 Å². The van der Waals surface area contributed by atoms with Crippen molar-refractivity contribution in [1.82, 2.24) is 5.32 Å². The van der Waals surface area contributed by atoms with Gasteiger partial charge in [-0.3, -0.25) is 4.79 Å². The Kier molecular flexibility index (Phi) is 4.11. The monoisotopic (exact) mass is 331 g/mol. The number of hydrogen-bond acceptors (Lipinski definition) is 1. The second-order valence-corrected chi connectivity index (χ2v) is 8.68. The number of rotatable bonds is 5. The molecule has 24 heavy (non-hydrogen) atoms. The lowest BCUT2D eigenvalue weighted by molar-refractivity contribution is -0.885. The van der Waals surface area contributed by atoms with Crippen molar-refractivity contribution in [2.24, 2.45) is 17.8 Å². The summed E-state index contributed by atoms with van der Waals surface area (Å²) in [6.07, 6.45) is 7.77. The van der Waals surface area contributed by atoms with Crippen LogP contribution in [0.5, 0.6) is 0 Å². The van der Waals surface area contributed by atoms with E-state index in [0.29, 0.717) is 6.54 Å². The van der Waals surface area contributed by atoms with Crippen LogP contribution in [0.1, 0.15) is 44.1 Å². The van der Waals surface area contributed by atoms with Gasteiger partial charge in [-0.25, -0.2) is 4.39 Å². The molecular weight excluding hydrogens is 303 g/mol. The molecule has 0 saturated heterocycles. The van der Waals surface area contributed by atoms with E-state index in [4.69, 9.17) is 0 Å². The van der Waals surface area contributed by atoms with Crippen LogP contribution in [-0.2, 0) is 11.3 Å². The van der Waals surface area contributed by atoms with E-state index < -0.39 is 0 Å². The van der Waals surface area contributed by atoms with E-state index in [9.17, 15) is 9.18 Å². The highest BCUT2D eigenvalue weighted by atomic mass is 19.1. The molecule has 4 aliphatic carbocycles. The third-order valence-corrected chi connectivity index (χ3v) is 6.32. The SMILES string of the molecule is C[NH+](CC(=O)NC12CC3CC(CC(C3)C1)C2)Cc1ccc(F)cc1. The lowest BCUT2D eigenvalue weighted by Gasteiger charge is -2.56. The maximum Gasteiger partial charge on any atom is 0.275 e. The minimum Gasteiger partial charge on any atom is -0.346 e. The first-order chi connectivity index (χ1) is 11.5. The molecule has 0 heterocycles. The molecule has 130 valence electrons. The molecule has 0 radical (unpaired) electrons. The molecule has 3 nitrogen and oxygen atoms in total. The van der Waals surface area contributed by atoms with Gasteiger partial charge in [-0.05, 0) is 68.4 Å². The molecule has 4 aliphatic rings. The fourth-order valence-electron chi connectivity index (χ4n) is 5.89. The van der Waals surface area contributed by atoms with Gasteiger partial charge in [0.25, 0.3) is 5.91 Å². The van der Waals surface area contributed by atoms with Gasteiger partial charge in [-0.15, -0.1) is 0 Å². The van der Waals surface area contributed by atoms with Gasteiger partial charge in [0.1, 0.15) is 12.4 Å². The van der Waals surface area contributed by atoms with Crippen LogP contribution in [0.15, 0.2) is 24.3 Å². The standard InChI is InChI=1S/C20H27FN2O/c1-23(12-14-2-4-18(21)5-3-14)13-19(24)22-20-9-15-6-16(10-20)8-17(7-15)11-20/h2-5,15-17H,6-13H2,1H3,(H,22,24)/p+1. The fourth-order valence-corrected chi connectivity index (χ4v) is 5.89. The Morgan fingerprint density at radius 3 is 2.21 bits per heavy atom. The van der Waals surface area contributed by atoms with Crippen LogP contribution in [0.2, 0.25) is 0 Å². The Balaban J connectivity index is 1.32. The summed E-state index contributed by atoms with van der Waals surface area (Å²) < 4.78 is 13.0. The Labute approximate surface area is 143 Å². The minimum absolute atomic E-state index is 0.0992. The second kappa shape index (κ2) is 6.14. The number of carbonyl (C=O) groups is 1. The number of quaternary nitrogens is 1. The zero-order valence-corrected chi connectivity index (χ0v) is 14.5. The van der Waals surface area contributed by atoms with Gasteiger partial charge in [-0.2, -0.15) is 0 Å². The average molecular weight is 331 g/mol. The summed E-state index contributed by atoms with van der Waals surface area (Å²) in [5, 5.41) is 3.43. The van der Waals surface area contributed by atoms with E-state index >= 15 is 0 Å². The maximum absolute atomic E-state index is 13.0. The Bertz CT molecular complexity index is 577. The fraction of sp³-hybridized carbons (Fsp3) is 0.650. The zero-order chi connectivity index (χ0) is 16.7. The van der Waals surface area contributed by atoms with E-state index in [1.807, 2.05) is 7.05 Å². The van der Waals surface area contributed by atoms with E-state index in [-0.39, 0.29) is 17.3 Å². The van der Waals surface area contributed by atoms with Crippen molar-refractivity contribution in [3.05, 3.63) is 35.6 Å². The van der Waals surface area contributed by atoms with Crippen LogP contribution in [0.4, 0.5) is 4.39 Å². The minimum atomic E-state index is -0.212. The largest absolute Gasteiger partial charge is 0.346 e. The predicted octanol–water partition coefficient (Wildman–Crippen LogP) is 1.93. The van der Waals surface area contributed by atoms with E-state index in [1.165, 1.54) is 50.7 Å². The molecule has 4 saturated carbocycles. The first kappa shape index (κ1) is 16.1. The van der Waals surface area contributed by atoms with Gasteiger partial charge < -0.3 is 10.2 Å². The molecule has 4 bridgehead atoms. The Morgan fingerprint density at radius 2 is 1.67 bits per heavy atom. The molecule has 1 unspecified atom stereocenters. The highest BCUT2D eigenvalue weighted by Gasteiger charge is 2.51. The summed E-state index contributed by atoms with van der Waals surface area (Å²) in [7, 11) is 2.03. The molecule has 5 rings (SSSR count). The zero-order valence-electron chi connectivity index (χ0n) is 14.5. The lowest BCUT2D eigenvalue weighted by atomic mass is 9.53. The molecule has 1 amide bonds. The van der Waals surface area contributed by atoms with Crippen LogP contribution in [0, 0.1) is 23.6 Å². The van der Waals surface area contributed by atoms with E-state index in [1.54, 1.807) is 12.1 Å². The van der Waals surface area contributed by atoms with Gasteiger partial charge in [-0.1, -0.05) is 12.1 Å². The molecular formula is C20H28FN2O+. The number of hydrogen-bond donors (Lipinski definition) is 2. The van der Waals surface area contributed by atoms with Gasteiger partial charge in [0, 0.05) is 11.1 Å². The summed E-state index contributed by atoms with van der Waals surface area (Å²) in [6.45, 7) is 1.23. The maximum atomic E-state index is 13.0. The molecule has 4 fully saturated rings. The van der Waals surface area contributed by atoms with Crippen LogP contribution in [0.3, 0.4) is 0 Å². The summed E-state index contributed by atoms with van der Waals surface area (Å²) in [4.78, 5) is 13.7. The summed E-state index contributed by atoms with van der Waals surface area (Å²) >= 11 is 0. The van der Waals surface area contributed by atoms with Crippen LogP contribution < -0.4 is 10.2 Å². The molecule has 2 N–H and O–H groups in total. The Hall–Kier alpha value is -1.42. The second-order valence-electron chi connectivity index (χ2n) is 8.68. The molecule has 4 heteroatoms. The number of carbonyl (C=O) groups excluding carboxylic acids is 1. The van der Waals surface area contributed by atoms with Crippen molar-refractivity contribution in [2.45, 2.75) is 50.6 Å². The van der Waals surface area contributed by atoms with Crippen molar-refractivity contribution < 1.29 is 14.1 Å². The molecule has 1 aromatic rings. The molecule has 1 atom stereocenters. The van der Waals surface area contributed by atoms with Gasteiger partial charge in [0.2, 0.25) is 0 Å². The highest BCUT2D eigenvalue weighted by molar-refractivity contribution is 5.77. The van der Waals surface area contributed by atoms with E-state index in [2.05, 4.69) is 5.32 Å².